The third kappa shape index (κ3) is 4.75. The molecule has 29 heavy (non-hydrogen) atoms. The minimum atomic E-state index is -0.532. The predicted octanol–water partition coefficient (Wildman–Crippen LogP) is 0.819. The van der Waals surface area contributed by atoms with Crippen LogP contribution in [-0.2, 0) is 20.8 Å². The van der Waals surface area contributed by atoms with Gasteiger partial charge >= 0.3 is 0 Å². The molecule has 9 heteroatoms. The normalized spacial score (nSPS) is 12.5. The van der Waals surface area contributed by atoms with E-state index in [0.29, 0.717) is 28.5 Å². The van der Waals surface area contributed by atoms with Gasteiger partial charge in [-0.2, -0.15) is 0 Å². The van der Waals surface area contributed by atoms with Crippen molar-refractivity contribution in [1.82, 2.24) is 10.9 Å². The van der Waals surface area contributed by atoms with Crippen molar-refractivity contribution in [3.05, 3.63) is 48.0 Å². The van der Waals surface area contributed by atoms with Crippen LogP contribution in [0.15, 0.2) is 42.5 Å². The number of hydrogen-bond donors (Lipinski definition) is 2. The van der Waals surface area contributed by atoms with Crippen LogP contribution in [0.2, 0.25) is 0 Å². The number of nitrogens with zero attached hydrogens (tertiary/aromatic N) is 1. The second-order valence-corrected chi connectivity index (χ2v) is 6.20. The summed E-state index contributed by atoms with van der Waals surface area (Å²) in [4.78, 5) is 37.7. The first-order chi connectivity index (χ1) is 14.0. The Morgan fingerprint density at radius 1 is 1.03 bits per heavy atom. The molecule has 1 aliphatic heterocycles. The summed E-state index contributed by atoms with van der Waals surface area (Å²) in [6, 6.07) is 12.0. The molecule has 3 rings (SSSR count). The van der Waals surface area contributed by atoms with Crippen LogP contribution in [0.25, 0.3) is 0 Å². The van der Waals surface area contributed by atoms with Gasteiger partial charge in [0.05, 0.1) is 26.3 Å². The highest BCUT2D eigenvalue weighted by molar-refractivity contribution is 6.02. The molecule has 0 radical (unpaired) electrons. The summed E-state index contributed by atoms with van der Waals surface area (Å²) in [5.74, 6) is 0.301. The van der Waals surface area contributed by atoms with Crippen LogP contribution in [0.1, 0.15) is 5.56 Å². The van der Waals surface area contributed by atoms with E-state index in [1.54, 1.807) is 42.5 Å². The maximum atomic E-state index is 12.2. The first-order valence-electron chi connectivity index (χ1n) is 8.82. The molecule has 2 N–H and O–H groups in total. The monoisotopic (exact) mass is 399 g/mol. The number of carbonyl (C=O) groups excluding carboxylic acids is 3. The van der Waals surface area contributed by atoms with Crippen molar-refractivity contribution in [3.8, 4) is 17.2 Å². The summed E-state index contributed by atoms with van der Waals surface area (Å²) in [6.45, 7) is -0.383. The Morgan fingerprint density at radius 2 is 1.76 bits per heavy atom. The van der Waals surface area contributed by atoms with Crippen LogP contribution in [0.4, 0.5) is 5.69 Å². The first kappa shape index (κ1) is 20.0. The molecule has 0 saturated heterocycles. The van der Waals surface area contributed by atoms with Gasteiger partial charge in [-0.05, 0) is 29.8 Å². The van der Waals surface area contributed by atoms with Gasteiger partial charge in [0.15, 0.2) is 18.1 Å². The molecular formula is C20H21N3O6. The maximum Gasteiger partial charge on any atom is 0.265 e. The second kappa shape index (κ2) is 8.96. The number of ether oxygens (including phenoxy) is 3. The van der Waals surface area contributed by atoms with E-state index in [2.05, 4.69) is 10.9 Å². The smallest absolute Gasteiger partial charge is 0.265 e. The molecule has 1 heterocycles. The molecule has 0 fully saturated rings. The molecule has 0 spiro atoms. The largest absolute Gasteiger partial charge is 0.493 e. The predicted molar refractivity (Wildman–Crippen MR) is 104 cm³/mol. The first-order valence-corrected chi connectivity index (χ1v) is 8.82. The number of anilines is 1. The van der Waals surface area contributed by atoms with Gasteiger partial charge in [-0.3, -0.25) is 30.1 Å². The van der Waals surface area contributed by atoms with Gasteiger partial charge < -0.3 is 14.2 Å². The minimum Gasteiger partial charge on any atom is -0.493 e. The topological polar surface area (TPSA) is 106 Å². The van der Waals surface area contributed by atoms with Gasteiger partial charge in [-0.25, -0.2) is 0 Å². The maximum absolute atomic E-state index is 12.2. The molecule has 3 amide bonds. The van der Waals surface area contributed by atoms with Crippen molar-refractivity contribution < 1.29 is 28.6 Å². The molecule has 152 valence electrons. The van der Waals surface area contributed by atoms with Gasteiger partial charge in [0, 0.05) is 0 Å². The zero-order valence-corrected chi connectivity index (χ0v) is 16.1. The zero-order chi connectivity index (χ0) is 20.8. The average Bonchev–Trinajstić information content (AvgIpc) is 2.74. The Balaban J connectivity index is 1.54. The quantitative estimate of drug-likeness (QED) is 0.697. The Labute approximate surface area is 167 Å². The van der Waals surface area contributed by atoms with E-state index in [4.69, 9.17) is 14.2 Å². The Hall–Kier alpha value is -3.75. The number of nitrogens with one attached hydrogen (secondary N) is 2. The van der Waals surface area contributed by atoms with Crippen molar-refractivity contribution in [2.45, 2.75) is 6.42 Å². The van der Waals surface area contributed by atoms with E-state index in [-0.39, 0.29) is 25.5 Å². The number of hydrazine groups is 1. The SMILES string of the molecule is COc1ccc(CC(=O)NNC(=O)CN2C(=O)COc3ccccc32)cc1OC. The van der Waals surface area contributed by atoms with Gasteiger partial charge in [0.25, 0.3) is 11.8 Å². The lowest BCUT2D eigenvalue weighted by molar-refractivity contribution is -0.129. The van der Waals surface area contributed by atoms with Crippen LogP contribution >= 0.6 is 0 Å². The third-order valence-electron chi connectivity index (χ3n) is 4.26. The molecule has 0 aliphatic carbocycles. The van der Waals surface area contributed by atoms with Gasteiger partial charge in [0.1, 0.15) is 12.3 Å². The molecule has 0 atom stereocenters. The number of rotatable bonds is 6. The van der Waals surface area contributed by atoms with Crippen LogP contribution in [0.3, 0.4) is 0 Å². The van der Waals surface area contributed by atoms with Crippen molar-refractivity contribution in [2.24, 2.45) is 0 Å². The molecular weight excluding hydrogens is 378 g/mol. The fourth-order valence-corrected chi connectivity index (χ4v) is 2.87. The number of methoxy groups -OCH3 is 2. The highest BCUT2D eigenvalue weighted by Crippen LogP contribution is 2.31. The summed E-state index contributed by atoms with van der Waals surface area (Å²) in [5.41, 5.74) is 5.87. The zero-order valence-electron chi connectivity index (χ0n) is 16.1. The minimum absolute atomic E-state index is 0.0277. The molecule has 2 aromatic carbocycles. The third-order valence-corrected chi connectivity index (χ3v) is 4.26. The number of carbonyl (C=O) groups is 3. The number of amides is 3. The number of para-hydroxylation sites is 2. The Morgan fingerprint density at radius 3 is 2.52 bits per heavy atom. The molecule has 9 nitrogen and oxygen atoms in total. The molecule has 2 aromatic rings. The summed E-state index contributed by atoms with van der Waals surface area (Å²) >= 11 is 0. The number of benzene rings is 2. The molecule has 0 saturated carbocycles. The van der Waals surface area contributed by atoms with E-state index in [1.165, 1.54) is 19.1 Å². The van der Waals surface area contributed by atoms with Crippen LogP contribution in [-0.4, -0.2) is 45.1 Å². The van der Waals surface area contributed by atoms with Gasteiger partial charge in [0.2, 0.25) is 5.91 Å². The highest BCUT2D eigenvalue weighted by atomic mass is 16.5. The summed E-state index contributed by atoms with van der Waals surface area (Å²) in [7, 11) is 3.03. The fourth-order valence-electron chi connectivity index (χ4n) is 2.87. The van der Waals surface area contributed by atoms with E-state index < -0.39 is 11.8 Å². The van der Waals surface area contributed by atoms with Gasteiger partial charge in [-0.1, -0.05) is 18.2 Å². The summed E-state index contributed by atoms with van der Waals surface area (Å²) in [6.07, 6.45) is 0.0277. The number of fused-ring (bicyclic) bond motifs is 1. The molecule has 0 aromatic heterocycles. The standard InChI is InChI=1S/C20H21N3O6/c1-27-16-8-7-13(9-17(16)28-2)10-18(24)21-22-19(25)11-23-14-5-3-4-6-15(14)29-12-20(23)26/h3-9H,10-12H2,1-2H3,(H,21,24)(H,22,25). The van der Waals surface area contributed by atoms with Crippen molar-refractivity contribution in [1.29, 1.82) is 0 Å². The van der Waals surface area contributed by atoms with Crippen LogP contribution < -0.4 is 30.0 Å². The van der Waals surface area contributed by atoms with E-state index >= 15 is 0 Å². The number of hydrogen-bond acceptors (Lipinski definition) is 6. The van der Waals surface area contributed by atoms with E-state index in [0.717, 1.165) is 0 Å². The lowest BCUT2D eigenvalue weighted by Gasteiger charge is -2.28. The van der Waals surface area contributed by atoms with Crippen molar-refractivity contribution >= 4 is 23.4 Å². The van der Waals surface area contributed by atoms with Crippen molar-refractivity contribution in [2.75, 3.05) is 32.3 Å². The Bertz CT molecular complexity index is 930. The van der Waals surface area contributed by atoms with Crippen LogP contribution in [0.5, 0.6) is 17.2 Å². The van der Waals surface area contributed by atoms with Crippen LogP contribution in [0, 0.1) is 0 Å². The lowest BCUT2D eigenvalue weighted by Crippen LogP contribution is -2.50. The average molecular weight is 399 g/mol. The highest BCUT2D eigenvalue weighted by Gasteiger charge is 2.27. The lowest BCUT2D eigenvalue weighted by atomic mass is 10.1. The fraction of sp³-hybridized carbons (Fsp3) is 0.250. The molecule has 0 bridgehead atoms. The summed E-state index contributed by atoms with van der Waals surface area (Å²) in [5, 5.41) is 0. The van der Waals surface area contributed by atoms with Crippen molar-refractivity contribution in [3.63, 3.8) is 0 Å². The molecule has 1 aliphatic rings. The summed E-state index contributed by atoms with van der Waals surface area (Å²) < 4.78 is 15.7. The Kier molecular flexibility index (Phi) is 6.18. The van der Waals surface area contributed by atoms with E-state index in [1.807, 2.05) is 0 Å². The second-order valence-electron chi connectivity index (χ2n) is 6.20. The molecule has 0 unspecified atom stereocenters. The van der Waals surface area contributed by atoms with E-state index in [9.17, 15) is 14.4 Å². The van der Waals surface area contributed by atoms with Gasteiger partial charge in [-0.15, -0.1) is 0 Å².